The summed E-state index contributed by atoms with van der Waals surface area (Å²) < 4.78 is 0. The number of rotatable bonds is 4. The lowest BCUT2D eigenvalue weighted by atomic mass is 9.82. The number of hydrogen-bond acceptors (Lipinski definition) is 7. The number of allylic oxidation sites excluding steroid dienone is 1. The van der Waals surface area contributed by atoms with E-state index in [-0.39, 0.29) is 23.4 Å². The van der Waals surface area contributed by atoms with Gasteiger partial charge in [-0.2, -0.15) is 0 Å². The highest BCUT2D eigenvalue weighted by Crippen LogP contribution is 2.45. The van der Waals surface area contributed by atoms with E-state index in [0.29, 0.717) is 11.4 Å². The van der Waals surface area contributed by atoms with Crippen molar-refractivity contribution in [2.45, 2.75) is 12.3 Å². The molecule has 1 unspecified atom stereocenters. The molecule has 10 heteroatoms. The number of nitro groups is 3. The van der Waals surface area contributed by atoms with Crippen LogP contribution in [0.1, 0.15) is 23.5 Å². The van der Waals surface area contributed by atoms with E-state index in [0.717, 1.165) is 17.8 Å². The maximum Gasteiger partial charge on any atom is 0.280 e. The molecule has 0 saturated heterocycles. The Morgan fingerprint density at radius 3 is 2.33 bits per heavy atom. The quantitative estimate of drug-likeness (QED) is 0.593. The second-order valence-corrected chi connectivity index (χ2v) is 6.04. The maximum atomic E-state index is 11.5. The first-order valence-corrected chi connectivity index (χ1v) is 7.89. The SMILES string of the molecule is CN1C(=C[N+](=O)[O-])CC(c2ccc([N+](=O)[O-])cc2[N+](=O)[O-])c2ccccc21. The fraction of sp³-hybridized carbons (Fsp3) is 0.176. The van der Waals surface area contributed by atoms with Crippen LogP contribution in [0.5, 0.6) is 0 Å². The van der Waals surface area contributed by atoms with Crippen LogP contribution in [0.25, 0.3) is 0 Å². The average Bonchev–Trinajstić information content (AvgIpc) is 2.63. The van der Waals surface area contributed by atoms with Crippen molar-refractivity contribution in [3.05, 3.63) is 95.8 Å². The second-order valence-electron chi connectivity index (χ2n) is 6.04. The largest absolute Gasteiger partial charge is 0.343 e. The van der Waals surface area contributed by atoms with Gasteiger partial charge in [0.05, 0.1) is 26.5 Å². The van der Waals surface area contributed by atoms with Crippen molar-refractivity contribution in [1.82, 2.24) is 0 Å². The summed E-state index contributed by atoms with van der Waals surface area (Å²) in [5.74, 6) is -0.537. The van der Waals surface area contributed by atoms with Crippen LogP contribution in [0.2, 0.25) is 0 Å². The van der Waals surface area contributed by atoms with E-state index < -0.39 is 20.7 Å². The molecule has 2 aromatic rings. The van der Waals surface area contributed by atoms with Crippen molar-refractivity contribution < 1.29 is 14.8 Å². The summed E-state index contributed by atoms with van der Waals surface area (Å²) in [6.45, 7) is 0. The average molecular weight is 370 g/mol. The van der Waals surface area contributed by atoms with Crippen LogP contribution in [0.3, 0.4) is 0 Å². The third-order valence-electron chi connectivity index (χ3n) is 4.57. The summed E-state index contributed by atoms with van der Waals surface area (Å²) in [6, 6.07) is 10.6. The number of non-ortho nitro benzene ring substituents is 1. The minimum Gasteiger partial charge on any atom is -0.343 e. The molecule has 2 aromatic carbocycles. The van der Waals surface area contributed by atoms with Crippen LogP contribution in [-0.4, -0.2) is 21.8 Å². The van der Waals surface area contributed by atoms with Gasteiger partial charge < -0.3 is 4.90 Å². The molecule has 10 nitrogen and oxygen atoms in total. The lowest BCUT2D eigenvalue weighted by molar-refractivity contribution is -0.403. The smallest absolute Gasteiger partial charge is 0.280 e. The third kappa shape index (κ3) is 3.32. The van der Waals surface area contributed by atoms with E-state index in [1.54, 1.807) is 36.2 Å². The van der Waals surface area contributed by atoms with E-state index in [1.165, 1.54) is 12.1 Å². The first-order valence-electron chi connectivity index (χ1n) is 7.89. The Bertz CT molecular complexity index is 987. The zero-order valence-electron chi connectivity index (χ0n) is 14.1. The topological polar surface area (TPSA) is 133 Å². The Balaban J connectivity index is 2.21. The van der Waals surface area contributed by atoms with Crippen LogP contribution >= 0.6 is 0 Å². The number of nitrogens with zero attached hydrogens (tertiary/aromatic N) is 4. The normalized spacial score (nSPS) is 17.4. The number of benzene rings is 2. The van der Waals surface area contributed by atoms with Gasteiger partial charge in [-0.3, -0.25) is 30.3 Å². The van der Waals surface area contributed by atoms with Gasteiger partial charge in [-0.25, -0.2) is 0 Å². The summed E-state index contributed by atoms with van der Waals surface area (Å²) in [6.07, 6.45) is 1.04. The molecule has 3 rings (SSSR count). The van der Waals surface area contributed by atoms with Gasteiger partial charge in [0.15, 0.2) is 0 Å². The van der Waals surface area contributed by atoms with Crippen LogP contribution < -0.4 is 4.90 Å². The monoisotopic (exact) mass is 370 g/mol. The van der Waals surface area contributed by atoms with E-state index in [9.17, 15) is 30.3 Å². The van der Waals surface area contributed by atoms with Crippen molar-refractivity contribution in [2.75, 3.05) is 11.9 Å². The summed E-state index contributed by atoms with van der Waals surface area (Å²) in [5, 5.41) is 33.5. The summed E-state index contributed by atoms with van der Waals surface area (Å²) >= 11 is 0. The van der Waals surface area contributed by atoms with Crippen LogP contribution in [0.4, 0.5) is 17.1 Å². The minimum absolute atomic E-state index is 0.160. The van der Waals surface area contributed by atoms with Crippen molar-refractivity contribution in [3.8, 4) is 0 Å². The Morgan fingerprint density at radius 1 is 1.00 bits per heavy atom. The highest BCUT2D eigenvalue weighted by molar-refractivity contribution is 5.66. The predicted molar refractivity (Wildman–Crippen MR) is 96.1 cm³/mol. The Morgan fingerprint density at radius 2 is 1.70 bits per heavy atom. The van der Waals surface area contributed by atoms with Gasteiger partial charge in [0.25, 0.3) is 17.6 Å². The van der Waals surface area contributed by atoms with Gasteiger partial charge in [0, 0.05) is 36.7 Å². The zero-order chi connectivity index (χ0) is 19.7. The Hall–Kier alpha value is -3.82. The first-order chi connectivity index (χ1) is 12.8. The van der Waals surface area contributed by atoms with Gasteiger partial charge in [-0.15, -0.1) is 0 Å². The zero-order valence-corrected chi connectivity index (χ0v) is 14.1. The van der Waals surface area contributed by atoms with Gasteiger partial charge in [-0.1, -0.05) is 18.2 Å². The number of nitro benzene ring substituents is 2. The van der Waals surface area contributed by atoms with E-state index in [2.05, 4.69) is 0 Å². The third-order valence-corrected chi connectivity index (χ3v) is 4.57. The standard InChI is InChI=1S/C17H14N4O6/c1-18-12(10-19(22)23)8-15(13-4-2-3-5-16(13)18)14-7-6-11(20(24)25)9-17(14)21(26)27/h2-7,9-10,15H,8H2,1H3. The molecule has 0 saturated carbocycles. The molecule has 138 valence electrons. The number of para-hydroxylation sites is 1. The molecule has 0 fully saturated rings. The molecule has 0 amide bonds. The lowest BCUT2D eigenvalue weighted by Gasteiger charge is -2.34. The highest BCUT2D eigenvalue weighted by Gasteiger charge is 2.34. The number of anilines is 1. The van der Waals surface area contributed by atoms with Gasteiger partial charge in [-0.05, 0) is 17.7 Å². The molecular weight excluding hydrogens is 356 g/mol. The van der Waals surface area contributed by atoms with E-state index in [1.807, 2.05) is 0 Å². The predicted octanol–water partition coefficient (Wildman–Crippen LogP) is 3.59. The molecule has 1 aliphatic heterocycles. The second kappa shape index (κ2) is 6.83. The van der Waals surface area contributed by atoms with Crippen molar-refractivity contribution in [1.29, 1.82) is 0 Å². The number of fused-ring (bicyclic) bond motifs is 1. The fourth-order valence-corrected chi connectivity index (χ4v) is 3.34. The molecule has 27 heavy (non-hydrogen) atoms. The van der Waals surface area contributed by atoms with Crippen LogP contribution in [0, 0.1) is 30.3 Å². The Labute approximate surface area is 152 Å². The molecule has 1 atom stereocenters. The number of hydrogen-bond donors (Lipinski definition) is 0. The van der Waals surface area contributed by atoms with Crippen LogP contribution in [-0.2, 0) is 0 Å². The Kier molecular flexibility index (Phi) is 4.55. The molecular formula is C17H14N4O6. The van der Waals surface area contributed by atoms with Crippen molar-refractivity contribution in [2.24, 2.45) is 0 Å². The van der Waals surface area contributed by atoms with E-state index >= 15 is 0 Å². The van der Waals surface area contributed by atoms with Gasteiger partial charge >= 0.3 is 0 Å². The molecule has 0 radical (unpaired) electrons. The summed E-state index contributed by atoms with van der Waals surface area (Å²) in [4.78, 5) is 33.2. The van der Waals surface area contributed by atoms with Gasteiger partial charge in [0.2, 0.25) is 0 Å². The van der Waals surface area contributed by atoms with Gasteiger partial charge in [0.1, 0.15) is 0 Å². The summed E-state index contributed by atoms with van der Waals surface area (Å²) in [5.41, 5.74) is 1.35. The highest BCUT2D eigenvalue weighted by atomic mass is 16.6. The lowest BCUT2D eigenvalue weighted by Crippen LogP contribution is -2.27. The van der Waals surface area contributed by atoms with E-state index in [4.69, 9.17) is 0 Å². The molecule has 1 aliphatic rings. The van der Waals surface area contributed by atoms with Crippen molar-refractivity contribution >= 4 is 17.1 Å². The maximum absolute atomic E-state index is 11.5. The fourth-order valence-electron chi connectivity index (χ4n) is 3.34. The first kappa shape index (κ1) is 18.0. The van der Waals surface area contributed by atoms with Crippen LogP contribution in [0.15, 0.2) is 54.4 Å². The van der Waals surface area contributed by atoms with Crippen molar-refractivity contribution in [3.63, 3.8) is 0 Å². The molecule has 0 N–H and O–H groups in total. The molecule has 0 aliphatic carbocycles. The molecule has 0 bridgehead atoms. The molecule has 0 aromatic heterocycles. The molecule has 0 spiro atoms. The summed E-state index contributed by atoms with van der Waals surface area (Å²) in [7, 11) is 1.69. The minimum atomic E-state index is -0.697. The molecule has 1 heterocycles.